The summed E-state index contributed by atoms with van der Waals surface area (Å²) in [5.41, 5.74) is 8.54. The van der Waals surface area contributed by atoms with Crippen molar-refractivity contribution in [3.05, 3.63) is 90.2 Å². The first kappa shape index (κ1) is 26.3. The van der Waals surface area contributed by atoms with Gasteiger partial charge in [-0.15, -0.1) is 0 Å². The van der Waals surface area contributed by atoms with Crippen molar-refractivity contribution < 1.29 is 4.39 Å². The third kappa shape index (κ3) is 5.45. The summed E-state index contributed by atoms with van der Waals surface area (Å²) in [4.78, 5) is 17.5. The zero-order valence-corrected chi connectivity index (χ0v) is 23.0. The number of H-pyrrole nitrogens is 2. The second kappa shape index (κ2) is 10.4. The van der Waals surface area contributed by atoms with Crippen molar-refractivity contribution in [2.75, 3.05) is 6.26 Å². The largest absolute Gasteiger partial charge is 0.335 e. The van der Waals surface area contributed by atoms with E-state index in [-0.39, 0.29) is 5.82 Å². The molecular weight excluding hydrogens is 509 g/mol. The molecule has 0 atom stereocenters. The van der Waals surface area contributed by atoms with Gasteiger partial charge in [-0.25, -0.2) is 14.4 Å². The van der Waals surface area contributed by atoms with Crippen molar-refractivity contribution in [2.45, 2.75) is 20.4 Å². The molecule has 0 radical (unpaired) electrons. The smallest absolute Gasteiger partial charge is 0.161 e. The molecule has 0 amide bonds. The van der Waals surface area contributed by atoms with Crippen molar-refractivity contribution in [3.8, 4) is 22.6 Å². The van der Waals surface area contributed by atoms with Crippen LogP contribution in [-0.4, -0.2) is 48.1 Å². The van der Waals surface area contributed by atoms with Crippen LogP contribution in [0.3, 0.4) is 0 Å². The lowest BCUT2D eigenvalue weighted by Crippen LogP contribution is -2.08. The molecule has 5 rings (SSSR count). The third-order valence-corrected chi connectivity index (χ3v) is 7.12. The fourth-order valence-corrected chi connectivity index (χ4v) is 5.00. The van der Waals surface area contributed by atoms with E-state index in [1.165, 1.54) is 12.1 Å². The van der Waals surface area contributed by atoms with E-state index < -0.39 is 9.39 Å². The Balaban J connectivity index is 1.59. The highest BCUT2D eigenvalue weighted by molar-refractivity contribution is 8.25. The van der Waals surface area contributed by atoms with Crippen molar-refractivity contribution in [1.29, 1.82) is 0 Å². The Bertz CT molecular complexity index is 1890. The normalized spacial score (nSPS) is 12.9. The van der Waals surface area contributed by atoms with E-state index in [0.717, 1.165) is 27.9 Å². The molecule has 0 saturated heterocycles. The summed E-state index contributed by atoms with van der Waals surface area (Å²) in [6.07, 6.45) is 11.1. The minimum atomic E-state index is -1.43. The Kier molecular flexibility index (Phi) is 7.03. The molecule has 0 aliphatic rings. The zero-order valence-electron chi connectivity index (χ0n) is 22.2. The third-order valence-electron chi connectivity index (χ3n) is 6.28. The highest BCUT2D eigenvalue weighted by atomic mass is 32.2. The summed E-state index contributed by atoms with van der Waals surface area (Å²) in [6.45, 7) is 8.27. The van der Waals surface area contributed by atoms with Crippen molar-refractivity contribution >= 4 is 48.8 Å². The second-order valence-electron chi connectivity index (χ2n) is 9.56. The maximum atomic E-state index is 14.6. The van der Waals surface area contributed by atoms with Crippen LogP contribution in [-0.2, 0) is 6.54 Å². The summed E-state index contributed by atoms with van der Waals surface area (Å²) in [7, 11) is -1.43. The first-order valence-corrected chi connectivity index (χ1v) is 14.7. The molecule has 39 heavy (non-hydrogen) atoms. The van der Waals surface area contributed by atoms with Gasteiger partial charge in [0.25, 0.3) is 0 Å². The number of rotatable bonds is 8. The van der Waals surface area contributed by atoms with Crippen LogP contribution in [0.1, 0.15) is 25.1 Å². The number of benzene rings is 1. The fraction of sp³-hybridized carbons (Fsp3) is 0.133. The first-order chi connectivity index (χ1) is 18.7. The van der Waals surface area contributed by atoms with E-state index in [1.807, 2.05) is 50.5 Å². The number of aromatic nitrogens is 6. The highest BCUT2D eigenvalue weighted by Gasteiger charge is 2.18. The van der Waals surface area contributed by atoms with Crippen LogP contribution in [0.2, 0.25) is 0 Å². The van der Waals surface area contributed by atoms with E-state index >= 15 is 0 Å². The molecule has 0 unspecified atom stereocenters. The molecule has 4 aromatic heterocycles. The molecule has 0 spiro atoms. The summed E-state index contributed by atoms with van der Waals surface area (Å²) < 4.78 is 17.9. The topological polar surface area (TPSA) is 95.2 Å². The van der Waals surface area contributed by atoms with Gasteiger partial charge in [0.1, 0.15) is 11.3 Å². The molecule has 1 aromatic carbocycles. The van der Waals surface area contributed by atoms with Gasteiger partial charge >= 0.3 is 0 Å². The van der Waals surface area contributed by atoms with E-state index in [1.54, 1.807) is 18.5 Å². The molecule has 0 saturated carbocycles. The predicted molar refractivity (Wildman–Crippen MR) is 164 cm³/mol. The number of allylic oxidation sites excluding steroid dienone is 5. The van der Waals surface area contributed by atoms with Crippen molar-refractivity contribution in [3.63, 3.8) is 0 Å². The molecule has 198 valence electrons. The van der Waals surface area contributed by atoms with Crippen LogP contribution in [0.25, 0.3) is 50.3 Å². The molecule has 0 aliphatic heterocycles. The Morgan fingerprint density at radius 1 is 1.10 bits per heavy atom. The maximum Gasteiger partial charge on any atom is 0.161 e. The van der Waals surface area contributed by atoms with Gasteiger partial charge in [0, 0.05) is 18.3 Å². The van der Waals surface area contributed by atoms with Gasteiger partial charge in [0.2, 0.25) is 0 Å². The quantitative estimate of drug-likeness (QED) is 0.154. The van der Waals surface area contributed by atoms with Crippen LogP contribution < -0.4 is 4.72 Å². The number of nitrogens with zero attached hydrogens (tertiary/aromatic N) is 4. The van der Waals surface area contributed by atoms with Crippen LogP contribution in [0.15, 0.2) is 73.1 Å². The SMILES string of the molecule is C=C/C=C(C)\C(=C/C)c1ccc2[nH]nc(-c3nc4c(-c5cc(F)cc(CNS(=C)(=C)C)c5)cncc4[nH]3)c2n1. The molecular formula is C30H30FN7S. The molecule has 3 N–H and O–H groups in total. The monoisotopic (exact) mass is 539 g/mol. The minimum absolute atomic E-state index is 0.336. The Labute approximate surface area is 227 Å². The summed E-state index contributed by atoms with van der Waals surface area (Å²) in [6, 6.07) is 8.85. The van der Waals surface area contributed by atoms with Crippen LogP contribution >= 0.6 is 9.39 Å². The predicted octanol–water partition coefficient (Wildman–Crippen LogP) is 6.54. The van der Waals surface area contributed by atoms with Gasteiger partial charge < -0.3 is 4.98 Å². The summed E-state index contributed by atoms with van der Waals surface area (Å²) in [5, 5.41) is 7.57. The van der Waals surface area contributed by atoms with E-state index in [4.69, 9.17) is 9.97 Å². The Hall–Kier alpha value is -4.34. The number of imidazole rings is 1. The lowest BCUT2D eigenvalue weighted by Gasteiger charge is -2.12. The lowest BCUT2D eigenvalue weighted by atomic mass is 10.0. The lowest BCUT2D eigenvalue weighted by molar-refractivity contribution is 0.625. The van der Waals surface area contributed by atoms with E-state index in [9.17, 15) is 4.39 Å². The average Bonchev–Trinajstić information content (AvgIpc) is 3.51. The maximum absolute atomic E-state index is 14.6. The van der Waals surface area contributed by atoms with E-state index in [2.05, 4.69) is 43.2 Å². The van der Waals surface area contributed by atoms with Gasteiger partial charge in [-0.2, -0.15) is 14.5 Å². The number of halogens is 1. The average molecular weight is 540 g/mol. The first-order valence-electron chi connectivity index (χ1n) is 12.3. The molecule has 0 fully saturated rings. The number of pyridine rings is 2. The van der Waals surface area contributed by atoms with Crippen LogP contribution in [0.4, 0.5) is 4.39 Å². The van der Waals surface area contributed by atoms with Gasteiger partial charge in [-0.1, -0.05) is 36.5 Å². The number of nitrogens with one attached hydrogen (secondary N) is 3. The van der Waals surface area contributed by atoms with Crippen molar-refractivity contribution in [1.82, 2.24) is 34.9 Å². The fourth-order valence-electron chi connectivity index (χ4n) is 4.48. The Morgan fingerprint density at radius 2 is 1.92 bits per heavy atom. The minimum Gasteiger partial charge on any atom is -0.335 e. The second-order valence-corrected chi connectivity index (χ2v) is 12.4. The molecule has 0 bridgehead atoms. The van der Waals surface area contributed by atoms with Gasteiger partial charge in [-0.05, 0) is 72.7 Å². The highest BCUT2D eigenvalue weighted by Crippen LogP contribution is 2.32. The molecule has 4 heterocycles. The summed E-state index contributed by atoms with van der Waals surface area (Å²) in [5.74, 6) is 8.28. The summed E-state index contributed by atoms with van der Waals surface area (Å²) >= 11 is 0. The standard InChI is InChI=1S/C30H30FN7S/c1-7-9-18(3)22(8-2)24-10-11-25-28(34-24)29(38-37-25)30-35-26-17-32-16-23(27(26)36-30)20-12-19(13-21(31)14-20)15-33-39(4,5)6/h7-14,16-17,33H,1,4-5,15H2,2-3,6H3,(H,35,36)(H,37,38)/b18-9-,22-8+. The molecule has 7 nitrogen and oxygen atoms in total. The number of hydrogen-bond acceptors (Lipinski definition) is 5. The molecule has 0 aliphatic carbocycles. The van der Waals surface area contributed by atoms with Gasteiger partial charge in [0.15, 0.2) is 11.5 Å². The van der Waals surface area contributed by atoms with Gasteiger partial charge in [-0.3, -0.25) is 14.8 Å². The number of aromatic amines is 2. The molecule has 5 aromatic rings. The molecule has 9 heteroatoms. The number of hydrogen-bond donors (Lipinski definition) is 3. The van der Waals surface area contributed by atoms with Crippen LogP contribution in [0.5, 0.6) is 0 Å². The van der Waals surface area contributed by atoms with Crippen LogP contribution in [0, 0.1) is 5.82 Å². The number of fused-ring (bicyclic) bond motifs is 2. The van der Waals surface area contributed by atoms with Crippen molar-refractivity contribution in [2.24, 2.45) is 0 Å². The van der Waals surface area contributed by atoms with E-state index in [0.29, 0.717) is 45.7 Å². The van der Waals surface area contributed by atoms with Gasteiger partial charge in [0.05, 0.1) is 28.4 Å². The Morgan fingerprint density at radius 3 is 2.67 bits per heavy atom. The zero-order chi connectivity index (χ0) is 27.7.